The zero-order valence-electron chi connectivity index (χ0n) is 14.7. The maximum absolute atomic E-state index is 2.38. The third-order valence-corrected chi connectivity index (χ3v) is 3.87. The molecule has 0 spiro atoms. The number of fused-ring (bicyclic) bond motifs is 2. The first-order valence-corrected chi connectivity index (χ1v) is 8.47. The number of hydrogen-bond acceptors (Lipinski definition) is 1. The van der Waals surface area contributed by atoms with Crippen LogP contribution in [-0.4, -0.2) is 25.5 Å². The highest BCUT2D eigenvalue weighted by atomic mass is 15.0. The maximum Gasteiger partial charge on any atom is 0.00101 e. The molecule has 1 aliphatic rings. The van der Waals surface area contributed by atoms with Crippen molar-refractivity contribution in [3.05, 3.63) is 76.9 Å². The molecule has 120 valence electrons. The van der Waals surface area contributed by atoms with E-state index in [0.29, 0.717) is 0 Å². The Morgan fingerprint density at radius 1 is 0.783 bits per heavy atom. The van der Waals surface area contributed by atoms with Crippen LogP contribution in [0.4, 0.5) is 0 Å². The average Bonchev–Trinajstić information content (AvgIpc) is 2.74. The third kappa shape index (κ3) is 4.20. The fourth-order valence-corrected chi connectivity index (χ4v) is 2.79. The lowest BCUT2D eigenvalue weighted by molar-refractivity contribution is 0.417. The van der Waals surface area contributed by atoms with Gasteiger partial charge in [-0.3, -0.25) is 0 Å². The molecule has 23 heavy (non-hydrogen) atoms. The number of rotatable bonds is 3. The maximum atomic E-state index is 2.38. The molecule has 1 nitrogen and oxygen atoms in total. The van der Waals surface area contributed by atoms with Gasteiger partial charge in [0, 0.05) is 6.54 Å². The van der Waals surface area contributed by atoms with E-state index >= 15 is 0 Å². The first kappa shape index (κ1) is 17.2. The molecule has 2 aromatic rings. The van der Waals surface area contributed by atoms with Crippen molar-refractivity contribution < 1.29 is 0 Å². The highest BCUT2D eigenvalue weighted by molar-refractivity contribution is 5.93. The SMILES string of the molecule is CC.CN(C)CCC=C1c2ccccc2C=Cc2ccccc21. The normalized spacial score (nSPS) is 12.0. The average molecular weight is 305 g/mol. The van der Waals surface area contributed by atoms with Crippen molar-refractivity contribution in [2.45, 2.75) is 20.3 Å². The van der Waals surface area contributed by atoms with Crippen LogP contribution >= 0.6 is 0 Å². The fourth-order valence-electron chi connectivity index (χ4n) is 2.79. The number of hydrogen-bond donors (Lipinski definition) is 0. The van der Waals surface area contributed by atoms with E-state index in [2.05, 4.69) is 85.8 Å². The summed E-state index contributed by atoms with van der Waals surface area (Å²) in [6, 6.07) is 17.3. The van der Waals surface area contributed by atoms with E-state index < -0.39 is 0 Å². The molecular formula is C22H27N. The van der Waals surface area contributed by atoms with Crippen molar-refractivity contribution in [1.82, 2.24) is 4.90 Å². The Kier molecular flexibility index (Phi) is 6.37. The monoisotopic (exact) mass is 305 g/mol. The summed E-state index contributed by atoms with van der Waals surface area (Å²) < 4.78 is 0. The summed E-state index contributed by atoms with van der Waals surface area (Å²) in [5.74, 6) is 0. The van der Waals surface area contributed by atoms with Gasteiger partial charge in [0.05, 0.1) is 0 Å². The minimum atomic E-state index is 1.06. The second kappa shape index (κ2) is 8.50. The Balaban J connectivity index is 0.000000924. The molecule has 0 aromatic heterocycles. The summed E-state index contributed by atoms with van der Waals surface area (Å²) in [5.41, 5.74) is 6.61. The molecule has 0 N–H and O–H groups in total. The highest BCUT2D eigenvalue weighted by Gasteiger charge is 2.13. The topological polar surface area (TPSA) is 3.24 Å². The Labute approximate surface area is 141 Å². The van der Waals surface area contributed by atoms with E-state index in [4.69, 9.17) is 0 Å². The Hall–Kier alpha value is -2.12. The number of benzene rings is 2. The molecule has 0 amide bonds. The van der Waals surface area contributed by atoms with Crippen LogP contribution < -0.4 is 0 Å². The molecule has 0 saturated carbocycles. The largest absolute Gasteiger partial charge is 0.309 e. The van der Waals surface area contributed by atoms with Crippen LogP contribution in [-0.2, 0) is 0 Å². The second-order valence-corrected chi connectivity index (χ2v) is 5.72. The predicted octanol–water partition coefficient (Wildman–Crippen LogP) is 5.58. The second-order valence-electron chi connectivity index (χ2n) is 5.72. The zero-order chi connectivity index (χ0) is 16.7. The molecular weight excluding hydrogens is 278 g/mol. The Bertz CT molecular complexity index is 641. The first-order valence-electron chi connectivity index (χ1n) is 8.47. The van der Waals surface area contributed by atoms with Gasteiger partial charge in [-0.05, 0) is 48.3 Å². The Morgan fingerprint density at radius 3 is 1.74 bits per heavy atom. The molecule has 1 heteroatoms. The van der Waals surface area contributed by atoms with Crippen LogP contribution in [0.1, 0.15) is 42.5 Å². The van der Waals surface area contributed by atoms with Gasteiger partial charge in [-0.25, -0.2) is 0 Å². The molecule has 0 radical (unpaired) electrons. The lowest BCUT2D eigenvalue weighted by Gasteiger charge is -2.13. The van der Waals surface area contributed by atoms with Crippen LogP contribution in [0.25, 0.3) is 17.7 Å². The highest BCUT2D eigenvalue weighted by Crippen LogP contribution is 2.33. The minimum absolute atomic E-state index is 1.06. The van der Waals surface area contributed by atoms with Crippen LogP contribution in [0.2, 0.25) is 0 Å². The summed E-state index contributed by atoms with van der Waals surface area (Å²) in [7, 11) is 4.24. The quantitative estimate of drug-likeness (QED) is 0.610. The van der Waals surface area contributed by atoms with Crippen molar-refractivity contribution >= 4 is 17.7 Å². The molecule has 0 saturated heterocycles. The van der Waals surface area contributed by atoms with Gasteiger partial charge >= 0.3 is 0 Å². The lowest BCUT2D eigenvalue weighted by Crippen LogP contribution is -2.12. The van der Waals surface area contributed by atoms with Crippen LogP contribution in [0.3, 0.4) is 0 Å². The molecule has 2 aromatic carbocycles. The summed E-state index contributed by atoms with van der Waals surface area (Å²) in [4.78, 5) is 2.23. The smallest absolute Gasteiger partial charge is 0.00101 e. The van der Waals surface area contributed by atoms with E-state index in [-0.39, 0.29) is 0 Å². The van der Waals surface area contributed by atoms with Gasteiger partial charge in [0.1, 0.15) is 0 Å². The first-order chi connectivity index (χ1) is 11.3. The van der Waals surface area contributed by atoms with Crippen LogP contribution in [0, 0.1) is 0 Å². The van der Waals surface area contributed by atoms with E-state index in [1.807, 2.05) is 13.8 Å². The summed E-state index contributed by atoms with van der Waals surface area (Å²) in [5, 5.41) is 0. The van der Waals surface area contributed by atoms with Gasteiger partial charge in [0.25, 0.3) is 0 Å². The van der Waals surface area contributed by atoms with Crippen LogP contribution in [0.5, 0.6) is 0 Å². The summed E-state index contributed by atoms with van der Waals surface area (Å²) >= 11 is 0. The van der Waals surface area contributed by atoms with Crippen LogP contribution in [0.15, 0.2) is 54.6 Å². The van der Waals surface area contributed by atoms with Crippen molar-refractivity contribution in [3.63, 3.8) is 0 Å². The standard InChI is InChI=1S/C20H21N.C2H6/c1-21(2)15-7-12-20-18-10-5-3-8-16(18)13-14-17-9-4-6-11-19(17)20;1-2/h3-6,8-14H,7,15H2,1-2H3;1-2H3. The number of nitrogens with zero attached hydrogens (tertiary/aromatic N) is 1. The lowest BCUT2D eigenvalue weighted by atomic mass is 9.93. The van der Waals surface area contributed by atoms with Gasteiger partial charge in [0.15, 0.2) is 0 Å². The van der Waals surface area contributed by atoms with Crippen molar-refractivity contribution in [3.8, 4) is 0 Å². The van der Waals surface area contributed by atoms with Crippen molar-refractivity contribution in [2.75, 3.05) is 20.6 Å². The molecule has 0 atom stereocenters. The molecule has 0 aliphatic heterocycles. The molecule has 1 aliphatic carbocycles. The van der Waals surface area contributed by atoms with Gasteiger partial charge < -0.3 is 4.90 Å². The predicted molar refractivity (Wildman–Crippen MR) is 103 cm³/mol. The molecule has 0 heterocycles. The van der Waals surface area contributed by atoms with Crippen molar-refractivity contribution in [2.24, 2.45) is 0 Å². The van der Waals surface area contributed by atoms with E-state index in [9.17, 15) is 0 Å². The molecule has 0 bridgehead atoms. The van der Waals surface area contributed by atoms with E-state index in [0.717, 1.165) is 13.0 Å². The zero-order valence-corrected chi connectivity index (χ0v) is 14.7. The van der Waals surface area contributed by atoms with Gasteiger partial charge in [-0.2, -0.15) is 0 Å². The molecule has 3 rings (SSSR count). The summed E-state index contributed by atoms with van der Waals surface area (Å²) in [6.45, 7) is 5.07. The minimum Gasteiger partial charge on any atom is -0.309 e. The van der Waals surface area contributed by atoms with Crippen molar-refractivity contribution in [1.29, 1.82) is 0 Å². The summed E-state index contributed by atoms with van der Waals surface area (Å²) in [6.07, 6.45) is 7.89. The van der Waals surface area contributed by atoms with Gasteiger partial charge in [-0.1, -0.05) is 80.6 Å². The fraction of sp³-hybridized carbons (Fsp3) is 0.273. The van der Waals surface area contributed by atoms with E-state index in [1.165, 1.54) is 27.8 Å². The van der Waals surface area contributed by atoms with Gasteiger partial charge in [-0.15, -0.1) is 0 Å². The third-order valence-electron chi connectivity index (χ3n) is 3.87. The van der Waals surface area contributed by atoms with Gasteiger partial charge in [0.2, 0.25) is 0 Å². The molecule has 0 fully saturated rings. The Morgan fingerprint density at radius 2 is 1.26 bits per heavy atom. The molecule has 0 unspecified atom stereocenters. The van der Waals surface area contributed by atoms with E-state index in [1.54, 1.807) is 0 Å².